The van der Waals surface area contributed by atoms with Gasteiger partial charge in [0, 0.05) is 25.2 Å². The Balaban J connectivity index is 1.25. The Labute approximate surface area is 200 Å². The third-order valence-corrected chi connectivity index (χ3v) is 7.73. The van der Waals surface area contributed by atoms with Gasteiger partial charge in [0.15, 0.2) is 0 Å². The molecule has 0 aliphatic carbocycles. The second kappa shape index (κ2) is 11.5. The lowest BCUT2D eigenvalue weighted by molar-refractivity contribution is -0.116. The number of sulfonamides is 1. The fourth-order valence-electron chi connectivity index (χ4n) is 3.97. The van der Waals surface area contributed by atoms with Crippen LogP contribution in [-0.2, 0) is 39.2 Å². The molecule has 4 rings (SSSR count). The molecule has 1 fully saturated rings. The van der Waals surface area contributed by atoms with Crippen molar-refractivity contribution in [2.24, 2.45) is 0 Å². The summed E-state index contributed by atoms with van der Waals surface area (Å²) in [7, 11) is -3.44. The first-order chi connectivity index (χ1) is 16.5. The SMILES string of the molecule is O=C(CCc1ccc(S(=O)(=O)N2CCCCC2)cc1)Nc1cccc(COCc2ccco2)c1. The van der Waals surface area contributed by atoms with Crippen molar-refractivity contribution in [3.63, 3.8) is 0 Å². The molecule has 1 amide bonds. The lowest BCUT2D eigenvalue weighted by Crippen LogP contribution is -2.35. The van der Waals surface area contributed by atoms with E-state index in [0.717, 1.165) is 36.1 Å². The molecule has 3 aromatic rings. The molecule has 0 radical (unpaired) electrons. The molecule has 8 heteroatoms. The Morgan fingerprint density at radius 1 is 0.941 bits per heavy atom. The number of hydrogen-bond acceptors (Lipinski definition) is 5. The fourth-order valence-corrected chi connectivity index (χ4v) is 5.48. The summed E-state index contributed by atoms with van der Waals surface area (Å²) in [5, 5.41) is 2.92. The van der Waals surface area contributed by atoms with E-state index in [0.29, 0.717) is 49.7 Å². The molecule has 34 heavy (non-hydrogen) atoms. The number of amides is 1. The molecular weight excluding hydrogens is 452 g/mol. The van der Waals surface area contributed by atoms with Crippen LogP contribution in [0.25, 0.3) is 0 Å². The topological polar surface area (TPSA) is 88.9 Å². The molecule has 0 spiro atoms. The number of carbonyl (C=O) groups excluding carboxylic acids is 1. The van der Waals surface area contributed by atoms with Crippen molar-refractivity contribution < 1.29 is 22.4 Å². The van der Waals surface area contributed by atoms with Crippen molar-refractivity contribution in [1.82, 2.24) is 4.31 Å². The summed E-state index contributed by atoms with van der Waals surface area (Å²) >= 11 is 0. The largest absolute Gasteiger partial charge is 0.467 e. The first-order valence-corrected chi connectivity index (χ1v) is 13.0. The summed E-state index contributed by atoms with van der Waals surface area (Å²) in [6.45, 7) is 1.97. The van der Waals surface area contributed by atoms with Gasteiger partial charge in [-0.1, -0.05) is 30.7 Å². The van der Waals surface area contributed by atoms with Crippen LogP contribution in [-0.4, -0.2) is 31.7 Å². The van der Waals surface area contributed by atoms with Crippen LogP contribution in [0, 0.1) is 0 Å². The Hall–Kier alpha value is -2.94. The number of benzene rings is 2. The summed E-state index contributed by atoms with van der Waals surface area (Å²) in [6.07, 6.45) is 5.34. The van der Waals surface area contributed by atoms with E-state index in [9.17, 15) is 13.2 Å². The zero-order valence-electron chi connectivity index (χ0n) is 19.1. The van der Waals surface area contributed by atoms with E-state index in [1.807, 2.05) is 36.4 Å². The standard InChI is InChI=1S/C26H30N2O5S/c29-26(27-23-7-4-6-22(18-23)19-32-20-24-8-5-17-33-24)14-11-21-9-12-25(13-10-21)34(30,31)28-15-2-1-3-16-28/h4-10,12-13,17-18H,1-3,11,14-16,19-20H2,(H,27,29). The predicted octanol–water partition coefficient (Wildman–Crippen LogP) is 4.74. The number of aryl methyl sites for hydroxylation is 1. The van der Waals surface area contributed by atoms with Gasteiger partial charge in [-0.15, -0.1) is 0 Å². The minimum absolute atomic E-state index is 0.0985. The summed E-state index contributed by atoms with van der Waals surface area (Å²) in [5.41, 5.74) is 2.59. The van der Waals surface area contributed by atoms with Crippen LogP contribution in [0.4, 0.5) is 5.69 Å². The van der Waals surface area contributed by atoms with Gasteiger partial charge in [0.2, 0.25) is 15.9 Å². The first kappa shape index (κ1) is 24.2. The van der Waals surface area contributed by atoms with Gasteiger partial charge in [0.1, 0.15) is 12.4 Å². The Bertz CT molecular complexity index is 1170. The van der Waals surface area contributed by atoms with E-state index in [4.69, 9.17) is 9.15 Å². The van der Waals surface area contributed by atoms with Crippen molar-refractivity contribution in [2.75, 3.05) is 18.4 Å². The van der Waals surface area contributed by atoms with E-state index < -0.39 is 10.0 Å². The van der Waals surface area contributed by atoms with Crippen LogP contribution in [0.3, 0.4) is 0 Å². The number of hydrogen-bond donors (Lipinski definition) is 1. The number of rotatable bonds is 10. The van der Waals surface area contributed by atoms with Crippen molar-refractivity contribution in [2.45, 2.75) is 50.2 Å². The molecule has 0 saturated carbocycles. The van der Waals surface area contributed by atoms with E-state index in [2.05, 4.69) is 5.32 Å². The number of nitrogens with zero attached hydrogens (tertiary/aromatic N) is 1. The second-order valence-electron chi connectivity index (χ2n) is 8.43. The summed E-state index contributed by atoms with van der Waals surface area (Å²) < 4.78 is 38.0. The minimum Gasteiger partial charge on any atom is -0.467 e. The molecule has 1 aromatic heterocycles. The summed E-state index contributed by atoms with van der Waals surface area (Å²) in [6, 6.07) is 18.1. The Morgan fingerprint density at radius 3 is 2.47 bits per heavy atom. The quantitative estimate of drug-likeness (QED) is 0.451. The van der Waals surface area contributed by atoms with Crippen LogP contribution in [0.2, 0.25) is 0 Å². The van der Waals surface area contributed by atoms with E-state index >= 15 is 0 Å². The Kier molecular flexibility index (Phi) is 8.16. The predicted molar refractivity (Wildman–Crippen MR) is 130 cm³/mol. The third-order valence-electron chi connectivity index (χ3n) is 5.82. The zero-order valence-corrected chi connectivity index (χ0v) is 19.9. The molecule has 1 N–H and O–H groups in total. The van der Waals surface area contributed by atoms with Gasteiger partial charge in [-0.3, -0.25) is 4.79 Å². The molecule has 1 saturated heterocycles. The maximum absolute atomic E-state index is 12.8. The second-order valence-corrected chi connectivity index (χ2v) is 10.4. The number of carbonyl (C=O) groups is 1. The molecule has 7 nitrogen and oxygen atoms in total. The molecule has 1 aliphatic heterocycles. The van der Waals surface area contributed by atoms with Crippen LogP contribution in [0.5, 0.6) is 0 Å². The average Bonchev–Trinajstić information content (AvgIpc) is 3.37. The van der Waals surface area contributed by atoms with Gasteiger partial charge < -0.3 is 14.5 Å². The fraction of sp³-hybridized carbons (Fsp3) is 0.346. The summed E-state index contributed by atoms with van der Waals surface area (Å²) in [4.78, 5) is 12.8. The highest BCUT2D eigenvalue weighted by Crippen LogP contribution is 2.21. The highest BCUT2D eigenvalue weighted by molar-refractivity contribution is 7.89. The van der Waals surface area contributed by atoms with Crippen LogP contribution < -0.4 is 5.32 Å². The third kappa shape index (κ3) is 6.56. The Morgan fingerprint density at radius 2 is 1.74 bits per heavy atom. The van der Waals surface area contributed by atoms with Crippen molar-refractivity contribution >= 4 is 21.6 Å². The van der Waals surface area contributed by atoms with Gasteiger partial charge in [-0.05, 0) is 66.8 Å². The number of anilines is 1. The number of furan rings is 1. The molecule has 0 atom stereocenters. The van der Waals surface area contributed by atoms with Crippen molar-refractivity contribution in [1.29, 1.82) is 0 Å². The number of piperidine rings is 1. The van der Waals surface area contributed by atoms with Gasteiger partial charge in [-0.25, -0.2) is 8.42 Å². The maximum Gasteiger partial charge on any atom is 0.243 e. The molecule has 0 bridgehead atoms. The van der Waals surface area contributed by atoms with Gasteiger partial charge in [0.05, 0.1) is 17.8 Å². The average molecular weight is 483 g/mol. The summed E-state index contributed by atoms with van der Waals surface area (Å²) in [5.74, 6) is 0.667. The van der Waals surface area contributed by atoms with E-state index in [1.165, 1.54) is 0 Å². The molecule has 2 aromatic carbocycles. The molecule has 2 heterocycles. The lowest BCUT2D eigenvalue weighted by atomic mass is 10.1. The zero-order chi connectivity index (χ0) is 23.8. The first-order valence-electron chi connectivity index (χ1n) is 11.6. The van der Waals surface area contributed by atoms with Gasteiger partial charge >= 0.3 is 0 Å². The molecule has 0 unspecified atom stereocenters. The molecule has 180 valence electrons. The molecule has 1 aliphatic rings. The lowest BCUT2D eigenvalue weighted by Gasteiger charge is -2.25. The van der Waals surface area contributed by atoms with Crippen molar-refractivity contribution in [3.05, 3.63) is 83.8 Å². The highest BCUT2D eigenvalue weighted by atomic mass is 32.2. The number of ether oxygens (including phenoxy) is 1. The van der Waals surface area contributed by atoms with Crippen LogP contribution in [0.15, 0.2) is 76.2 Å². The van der Waals surface area contributed by atoms with E-state index in [1.54, 1.807) is 34.8 Å². The maximum atomic E-state index is 12.8. The van der Waals surface area contributed by atoms with Crippen LogP contribution in [0.1, 0.15) is 42.6 Å². The van der Waals surface area contributed by atoms with Gasteiger partial charge in [0.25, 0.3) is 0 Å². The van der Waals surface area contributed by atoms with Crippen molar-refractivity contribution in [3.8, 4) is 0 Å². The number of nitrogens with one attached hydrogen (secondary N) is 1. The van der Waals surface area contributed by atoms with Gasteiger partial charge in [-0.2, -0.15) is 4.31 Å². The van der Waals surface area contributed by atoms with Crippen LogP contribution >= 0.6 is 0 Å². The highest BCUT2D eigenvalue weighted by Gasteiger charge is 2.25. The monoisotopic (exact) mass is 482 g/mol. The van der Waals surface area contributed by atoms with E-state index in [-0.39, 0.29) is 5.91 Å². The smallest absolute Gasteiger partial charge is 0.243 e. The molecular formula is C26H30N2O5S. The minimum atomic E-state index is -3.44. The normalized spacial score (nSPS) is 14.7.